The Bertz CT molecular complexity index is 1020. The summed E-state index contributed by atoms with van der Waals surface area (Å²) < 4.78 is 5.55. The molecule has 0 saturated heterocycles. The molecule has 1 amide bonds. The third kappa shape index (κ3) is 4.72. The molecule has 0 aromatic carbocycles. The molecule has 4 rings (SSSR count). The zero-order valence-corrected chi connectivity index (χ0v) is 22.9. The summed E-state index contributed by atoms with van der Waals surface area (Å²) in [6, 6.07) is -0.0674. The number of amides is 1. The van der Waals surface area contributed by atoms with Gasteiger partial charge in [0.05, 0.1) is 0 Å². The lowest BCUT2D eigenvalue weighted by Gasteiger charge is -2.57. The van der Waals surface area contributed by atoms with Gasteiger partial charge in [-0.15, -0.1) is 0 Å². The molecule has 6 heteroatoms. The molecule has 7 atom stereocenters. The van der Waals surface area contributed by atoms with E-state index in [0.717, 1.165) is 44.1 Å². The number of allylic oxidation sites excluding steroid dienone is 3. The number of ether oxygens (including phenoxy) is 1. The van der Waals surface area contributed by atoms with Crippen molar-refractivity contribution in [3.63, 3.8) is 0 Å². The molecular formula is C30H43NO5. The molecule has 0 aliphatic heterocycles. The molecule has 36 heavy (non-hydrogen) atoms. The summed E-state index contributed by atoms with van der Waals surface area (Å²) in [5, 5.41) is 2.83. The highest BCUT2D eigenvalue weighted by Gasteiger charge is 2.60. The number of hydrogen-bond donors (Lipinski definition) is 1. The van der Waals surface area contributed by atoms with Gasteiger partial charge in [-0.2, -0.15) is 0 Å². The maximum atomic E-state index is 13.4. The first-order chi connectivity index (χ1) is 16.9. The van der Waals surface area contributed by atoms with Gasteiger partial charge in [0.2, 0.25) is 5.91 Å². The third-order valence-corrected chi connectivity index (χ3v) is 10.1. The van der Waals surface area contributed by atoms with Crippen LogP contribution in [0.1, 0.15) is 99.3 Å². The Morgan fingerprint density at radius 3 is 2.42 bits per heavy atom. The number of hydrogen-bond acceptors (Lipinski definition) is 5. The summed E-state index contributed by atoms with van der Waals surface area (Å²) in [6.45, 7) is 11.3. The number of carbonyl (C=O) groups excluding carboxylic acids is 4. The number of nitrogens with one attached hydrogen (secondary N) is 1. The van der Waals surface area contributed by atoms with Crippen molar-refractivity contribution in [3.8, 4) is 0 Å². The molecule has 0 radical (unpaired) electrons. The van der Waals surface area contributed by atoms with Crippen molar-refractivity contribution in [3.05, 3.63) is 22.8 Å². The van der Waals surface area contributed by atoms with Crippen LogP contribution in [-0.2, 0) is 23.9 Å². The lowest BCUT2D eigenvalue weighted by molar-refractivity contribution is -0.148. The predicted molar refractivity (Wildman–Crippen MR) is 138 cm³/mol. The highest BCUT2D eigenvalue weighted by Crippen LogP contribution is 2.65. The van der Waals surface area contributed by atoms with Gasteiger partial charge in [0, 0.05) is 44.7 Å². The SMILES string of the molecule is CC(=O)NC(C)CCC(=O)C(C)=C1C(=O)CC2C3CC=C4CC(OC(C)=O)CC[C@]4(C)C3CC[C@]12C. The number of ketones is 2. The van der Waals surface area contributed by atoms with Crippen molar-refractivity contribution in [1.29, 1.82) is 0 Å². The summed E-state index contributed by atoms with van der Waals surface area (Å²) in [7, 11) is 0. The number of esters is 1. The van der Waals surface area contributed by atoms with Crippen LogP contribution in [-0.4, -0.2) is 35.6 Å². The summed E-state index contributed by atoms with van der Waals surface area (Å²) in [5.74, 6) is 1.11. The largest absolute Gasteiger partial charge is 0.462 e. The second-order valence-corrected chi connectivity index (χ2v) is 12.4. The van der Waals surface area contributed by atoms with E-state index in [4.69, 9.17) is 4.74 Å². The van der Waals surface area contributed by atoms with Gasteiger partial charge < -0.3 is 10.1 Å². The predicted octanol–water partition coefficient (Wildman–Crippen LogP) is 5.25. The normalized spacial score (nSPS) is 37.6. The molecule has 1 N–H and O–H groups in total. The average Bonchev–Trinajstić information content (AvgIpc) is 3.06. The van der Waals surface area contributed by atoms with Gasteiger partial charge in [0.25, 0.3) is 0 Å². The Hall–Kier alpha value is -2.24. The second-order valence-electron chi connectivity index (χ2n) is 12.4. The minimum Gasteiger partial charge on any atom is -0.462 e. The van der Waals surface area contributed by atoms with Gasteiger partial charge in [-0.25, -0.2) is 0 Å². The molecule has 4 aliphatic carbocycles. The Morgan fingerprint density at radius 2 is 1.75 bits per heavy atom. The van der Waals surface area contributed by atoms with Crippen molar-refractivity contribution < 1.29 is 23.9 Å². The van der Waals surface area contributed by atoms with Crippen molar-refractivity contribution in [2.75, 3.05) is 0 Å². The van der Waals surface area contributed by atoms with Crippen LogP contribution in [0.15, 0.2) is 22.8 Å². The van der Waals surface area contributed by atoms with Gasteiger partial charge >= 0.3 is 5.97 Å². The van der Waals surface area contributed by atoms with Crippen molar-refractivity contribution in [2.45, 2.75) is 111 Å². The fraction of sp³-hybridized carbons (Fsp3) is 0.733. The van der Waals surface area contributed by atoms with E-state index in [2.05, 4.69) is 25.2 Å². The third-order valence-electron chi connectivity index (χ3n) is 10.1. The van der Waals surface area contributed by atoms with Gasteiger partial charge in [-0.1, -0.05) is 25.5 Å². The Labute approximate surface area is 215 Å². The van der Waals surface area contributed by atoms with Gasteiger partial charge in [-0.3, -0.25) is 19.2 Å². The molecule has 0 heterocycles. The lowest BCUT2D eigenvalue weighted by atomic mass is 9.47. The topological polar surface area (TPSA) is 89.5 Å². The van der Waals surface area contributed by atoms with Crippen LogP contribution in [0.3, 0.4) is 0 Å². The zero-order valence-electron chi connectivity index (χ0n) is 22.9. The molecule has 0 aromatic heterocycles. The van der Waals surface area contributed by atoms with Crippen LogP contribution in [0.5, 0.6) is 0 Å². The molecule has 0 spiro atoms. The van der Waals surface area contributed by atoms with E-state index in [1.165, 1.54) is 19.4 Å². The van der Waals surface area contributed by atoms with Gasteiger partial charge in [0.1, 0.15) is 6.10 Å². The molecule has 4 aliphatic rings. The van der Waals surface area contributed by atoms with E-state index >= 15 is 0 Å². The molecule has 0 bridgehead atoms. The lowest BCUT2D eigenvalue weighted by Crippen LogP contribution is -2.49. The maximum absolute atomic E-state index is 13.4. The second kappa shape index (κ2) is 9.90. The van der Waals surface area contributed by atoms with Crippen LogP contribution in [0.25, 0.3) is 0 Å². The Morgan fingerprint density at radius 1 is 1.06 bits per heavy atom. The first-order valence-corrected chi connectivity index (χ1v) is 13.8. The van der Waals surface area contributed by atoms with Crippen molar-refractivity contribution in [1.82, 2.24) is 5.32 Å². The zero-order chi connectivity index (χ0) is 26.4. The summed E-state index contributed by atoms with van der Waals surface area (Å²) in [6.07, 6.45) is 9.51. The van der Waals surface area contributed by atoms with Crippen LogP contribution in [0, 0.1) is 28.6 Å². The fourth-order valence-corrected chi connectivity index (χ4v) is 8.32. The average molecular weight is 498 g/mol. The summed E-state index contributed by atoms with van der Waals surface area (Å²) >= 11 is 0. The van der Waals surface area contributed by atoms with Gasteiger partial charge in [-0.05, 0) is 86.5 Å². The smallest absolute Gasteiger partial charge is 0.302 e. The molecule has 0 aromatic rings. The highest BCUT2D eigenvalue weighted by atomic mass is 16.5. The van der Waals surface area contributed by atoms with Gasteiger partial charge in [0.15, 0.2) is 11.6 Å². The maximum Gasteiger partial charge on any atom is 0.302 e. The van der Waals surface area contributed by atoms with E-state index in [-0.39, 0.29) is 52.3 Å². The van der Waals surface area contributed by atoms with Crippen LogP contribution < -0.4 is 5.32 Å². The molecule has 5 unspecified atom stereocenters. The number of Topliss-reactive ketones (excluding diaryl/α,β-unsaturated/α-hetero) is 2. The first-order valence-electron chi connectivity index (χ1n) is 13.8. The molecule has 3 saturated carbocycles. The molecule has 198 valence electrons. The number of carbonyl (C=O) groups is 4. The van der Waals surface area contributed by atoms with E-state index in [1.807, 2.05) is 13.8 Å². The van der Waals surface area contributed by atoms with Crippen LogP contribution >= 0.6 is 0 Å². The minimum absolute atomic E-state index is 0.0168. The van der Waals surface area contributed by atoms with Crippen LogP contribution in [0.4, 0.5) is 0 Å². The molecule has 3 fully saturated rings. The number of rotatable bonds is 6. The quantitative estimate of drug-likeness (QED) is 0.308. The minimum atomic E-state index is -0.252. The fourth-order valence-electron chi connectivity index (χ4n) is 8.32. The molecular weight excluding hydrogens is 454 g/mol. The monoisotopic (exact) mass is 497 g/mol. The number of fused-ring (bicyclic) bond motifs is 5. The Balaban J connectivity index is 1.54. The summed E-state index contributed by atoms with van der Waals surface area (Å²) in [4.78, 5) is 49.4. The first kappa shape index (κ1) is 26.8. The van der Waals surface area contributed by atoms with E-state index in [0.29, 0.717) is 36.7 Å². The van der Waals surface area contributed by atoms with E-state index < -0.39 is 0 Å². The Kier molecular flexibility index (Phi) is 7.38. The van der Waals surface area contributed by atoms with Crippen molar-refractivity contribution >= 4 is 23.4 Å². The van der Waals surface area contributed by atoms with Crippen molar-refractivity contribution in [2.24, 2.45) is 28.6 Å². The van der Waals surface area contributed by atoms with E-state index in [1.54, 1.807) is 0 Å². The highest BCUT2D eigenvalue weighted by molar-refractivity contribution is 6.08. The van der Waals surface area contributed by atoms with Crippen LogP contribution in [0.2, 0.25) is 0 Å². The van der Waals surface area contributed by atoms with E-state index in [9.17, 15) is 19.2 Å². The molecule has 6 nitrogen and oxygen atoms in total. The standard InChI is InChI=1S/C30H43NO5/c1-17(31-19(3)32)7-10-26(34)18(2)28-27(35)16-25-23-9-8-21-15-22(36-20(4)33)11-13-29(21,5)24(23)12-14-30(25,28)6/h8,17,22-25H,7,9-16H2,1-6H3,(H,31,32)/t17?,22?,23?,24?,25?,29-,30-/m0/s1. The summed E-state index contributed by atoms with van der Waals surface area (Å²) in [5.41, 5.74) is 2.70.